The Morgan fingerprint density at radius 3 is 2.10 bits per heavy atom. The lowest BCUT2D eigenvalue weighted by molar-refractivity contribution is -0.138. The number of carboxylic acid groups (broad SMARTS) is 1. The molecule has 0 bridgehead atoms. The maximum Gasteiger partial charge on any atom is 0.330 e. The van der Waals surface area contributed by atoms with E-state index in [0.717, 1.165) is 30.3 Å². The summed E-state index contributed by atoms with van der Waals surface area (Å²) in [6.07, 6.45) is 3.72. The number of piperidine rings is 1. The molecular weight excluding hydrogens is 366 g/mol. The number of anilines is 1. The van der Waals surface area contributed by atoms with Gasteiger partial charge in [-0.3, -0.25) is 9.69 Å². The third-order valence-electron chi connectivity index (χ3n) is 5.13. The molecule has 1 heterocycles. The average Bonchev–Trinajstić information content (AvgIpc) is 2.74. The maximum atomic E-state index is 11.2. The largest absolute Gasteiger partial charge is 0.479 e. The summed E-state index contributed by atoms with van der Waals surface area (Å²) in [7, 11) is 0. The van der Waals surface area contributed by atoms with Crippen molar-refractivity contribution in [1.29, 1.82) is 0 Å². The molecule has 4 N–H and O–H groups in total. The predicted octanol–water partition coefficient (Wildman–Crippen LogP) is 3.52. The van der Waals surface area contributed by atoms with Crippen molar-refractivity contribution in [1.82, 2.24) is 4.90 Å². The monoisotopic (exact) mass is 397 g/mol. The molecule has 1 fully saturated rings. The number of rotatable bonds is 7. The van der Waals surface area contributed by atoms with Crippen LogP contribution < -0.4 is 11.1 Å². The number of likely N-dealkylation sites (tertiary alicyclic amines) is 1. The number of primary amides is 1. The Morgan fingerprint density at radius 2 is 1.62 bits per heavy atom. The fourth-order valence-corrected chi connectivity index (χ4v) is 3.41. The molecule has 0 aliphatic carbocycles. The van der Waals surface area contributed by atoms with E-state index in [1.807, 2.05) is 48.5 Å². The SMILES string of the molecule is CCC1CCN(CC(N)=O)CC1.O=C(O)C(Nc1ccccc1)c1ccccc1. The first kappa shape index (κ1) is 22.4. The van der Waals surface area contributed by atoms with E-state index in [0.29, 0.717) is 6.54 Å². The number of hydrogen-bond acceptors (Lipinski definition) is 4. The molecule has 1 amide bonds. The average molecular weight is 398 g/mol. The van der Waals surface area contributed by atoms with Crippen LogP contribution in [0.4, 0.5) is 5.69 Å². The summed E-state index contributed by atoms with van der Waals surface area (Å²) in [6, 6.07) is 17.7. The van der Waals surface area contributed by atoms with Crippen molar-refractivity contribution in [2.24, 2.45) is 11.7 Å². The van der Waals surface area contributed by atoms with Crippen LogP contribution in [0, 0.1) is 5.92 Å². The predicted molar refractivity (Wildman–Crippen MR) is 116 cm³/mol. The Bertz CT molecular complexity index is 744. The highest BCUT2D eigenvalue weighted by molar-refractivity contribution is 5.79. The minimum atomic E-state index is -0.889. The molecule has 6 heteroatoms. The van der Waals surface area contributed by atoms with E-state index in [9.17, 15) is 14.7 Å². The van der Waals surface area contributed by atoms with Gasteiger partial charge in [0.2, 0.25) is 5.91 Å². The van der Waals surface area contributed by atoms with Crippen LogP contribution >= 0.6 is 0 Å². The van der Waals surface area contributed by atoms with Crippen LogP contribution in [-0.4, -0.2) is 41.5 Å². The molecule has 0 saturated carbocycles. The lowest BCUT2D eigenvalue weighted by Gasteiger charge is -2.30. The van der Waals surface area contributed by atoms with Crippen molar-refractivity contribution in [3.63, 3.8) is 0 Å². The van der Waals surface area contributed by atoms with Crippen molar-refractivity contribution in [3.8, 4) is 0 Å². The van der Waals surface area contributed by atoms with Crippen LogP contribution in [-0.2, 0) is 9.59 Å². The maximum absolute atomic E-state index is 11.2. The van der Waals surface area contributed by atoms with Crippen molar-refractivity contribution in [3.05, 3.63) is 66.2 Å². The van der Waals surface area contributed by atoms with Crippen molar-refractivity contribution >= 4 is 17.6 Å². The van der Waals surface area contributed by atoms with Crippen molar-refractivity contribution in [2.75, 3.05) is 25.0 Å². The summed E-state index contributed by atoms with van der Waals surface area (Å²) in [4.78, 5) is 24.0. The van der Waals surface area contributed by atoms with Gasteiger partial charge in [-0.05, 0) is 49.5 Å². The summed E-state index contributed by atoms with van der Waals surface area (Å²) < 4.78 is 0. The molecule has 2 aromatic rings. The first-order valence-electron chi connectivity index (χ1n) is 10.1. The van der Waals surface area contributed by atoms with Crippen LogP contribution in [0.25, 0.3) is 0 Å². The second-order valence-corrected chi connectivity index (χ2v) is 7.29. The van der Waals surface area contributed by atoms with Gasteiger partial charge in [0, 0.05) is 5.69 Å². The molecule has 29 heavy (non-hydrogen) atoms. The van der Waals surface area contributed by atoms with Gasteiger partial charge in [-0.1, -0.05) is 61.9 Å². The number of benzene rings is 2. The molecule has 1 aliphatic rings. The molecule has 1 unspecified atom stereocenters. The molecule has 3 rings (SSSR count). The number of nitrogens with one attached hydrogen (secondary N) is 1. The molecule has 2 aromatic carbocycles. The number of aliphatic carboxylic acids is 1. The lowest BCUT2D eigenvalue weighted by atomic mass is 9.94. The fourth-order valence-electron chi connectivity index (χ4n) is 3.41. The van der Waals surface area contributed by atoms with E-state index >= 15 is 0 Å². The highest BCUT2D eigenvalue weighted by atomic mass is 16.4. The highest BCUT2D eigenvalue weighted by Crippen LogP contribution is 2.20. The highest BCUT2D eigenvalue weighted by Gasteiger charge is 2.19. The summed E-state index contributed by atoms with van der Waals surface area (Å²) in [5, 5.41) is 12.2. The number of nitrogens with two attached hydrogens (primary N) is 1. The Balaban J connectivity index is 0.000000221. The quantitative estimate of drug-likeness (QED) is 0.664. The Kier molecular flexibility index (Phi) is 9.18. The van der Waals surface area contributed by atoms with Gasteiger partial charge in [0.15, 0.2) is 6.04 Å². The van der Waals surface area contributed by atoms with Crippen molar-refractivity contribution < 1.29 is 14.7 Å². The smallest absolute Gasteiger partial charge is 0.330 e. The Labute approximate surface area is 172 Å². The standard InChI is InChI=1S/C14H13NO2.C9H18N2O/c16-14(17)13(11-7-3-1-4-8-11)15-12-9-5-2-6-10-12;1-2-8-3-5-11(6-4-8)7-9(10)12/h1-10,13,15H,(H,16,17);8H,2-7H2,1H3,(H2,10,12). The molecule has 6 nitrogen and oxygen atoms in total. The summed E-state index contributed by atoms with van der Waals surface area (Å²) in [6.45, 7) is 4.76. The van der Waals surface area contributed by atoms with E-state index in [1.165, 1.54) is 19.3 Å². The zero-order valence-electron chi connectivity index (χ0n) is 17.0. The Morgan fingerprint density at radius 1 is 1.07 bits per heavy atom. The summed E-state index contributed by atoms with van der Waals surface area (Å²) >= 11 is 0. The molecule has 0 spiro atoms. The van der Waals surface area contributed by atoms with Gasteiger partial charge < -0.3 is 16.2 Å². The molecule has 1 saturated heterocycles. The normalized spacial score (nSPS) is 15.6. The van der Waals surface area contributed by atoms with E-state index in [2.05, 4.69) is 17.1 Å². The number of hydrogen-bond donors (Lipinski definition) is 3. The van der Waals surface area contributed by atoms with Gasteiger partial charge >= 0.3 is 5.97 Å². The fraction of sp³-hybridized carbons (Fsp3) is 0.391. The van der Waals surface area contributed by atoms with Gasteiger partial charge in [-0.15, -0.1) is 0 Å². The van der Waals surface area contributed by atoms with E-state index in [4.69, 9.17) is 5.73 Å². The van der Waals surface area contributed by atoms with Gasteiger partial charge in [-0.2, -0.15) is 0 Å². The minimum absolute atomic E-state index is 0.204. The molecule has 0 aromatic heterocycles. The lowest BCUT2D eigenvalue weighted by Crippen LogP contribution is -2.39. The number of carbonyl (C=O) groups is 2. The summed E-state index contributed by atoms with van der Waals surface area (Å²) in [5.74, 6) is -0.223. The van der Waals surface area contributed by atoms with E-state index in [-0.39, 0.29) is 5.91 Å². The zero-order valence-corrected chi connectivity index (χ0v) is 17.0. The minimum Gasteiger partial charge on any atom is -0.479 e. The van der Waals surface area contributed by atoms with Crippen LogP contribution in [0.1, 0.15) is 37.8 Å². The molecule has 1 atom stereocenters. The van der Waals surface area contributed by atoms with Gasteiger partial charge in [0.05, 0.1) is 6.54 Å². The topological polar surface area (TPSA) is 95.7 Å². The van der Waals surface area contributed by atoms with Gasteiger partial charge in [0.25, 0.3) is 0 Å². The third-order valence-corrected chi connectivity index (χ3v) is 5.13. The number of nitrogens with zero attached hydrogens (tertiary/aromatic N) is 1. The van der Waals surface area contributed by atoms with E-state index < -0.39 is 12.0 Å². The number of carbonyl (C=O) groups excluding carboxylic acids is 1. The third kappa shape index (κ3) is 7.95. The van der Waals surface area contributed by atoms with Crippen molar-refractivity contribution in [2.45, 2.75) is 32.2 Å². The van der Waals surface area contributed by atoms with E-state index in [1.54, 1.807) is 12.1 Å². The molecule has 156 valence electrons. The first-order chi connectivity index (χ1) is 14.0. The number of amides is 1. The van der Waals surface area contributed by atoms with Gasteiger partial charge in [0.1, 0.15) is 0 Å². The van der Waals surface area contributed by atoms with Crippen LogP contribution in [0.2, 0.25) is 0 Å². The molecule has 0 radical (unpaired) electrons. The Hall–Kier alpha value is -2.86. The summed E-state index contributed by atoms with van der Waals surface area (Å²) in [5.41, 5.74) is 6.64. The first-order valence-corrected chi connectivity index (χ1v) is 10.1. The second kappa shape index (κ2) is 11.9. The van der Waals surface area contributed by atoms with Crippen LogP contribution in [0.15, 0.2) is 60.7 Å². The van der Waals surface area contributed by atoms with Crippen LogP contribution in [0.3, 0.4) is 0 Å². The molecular formula is C23H31N3O3. The zero-order chi connectivity index (χ0) is 21.1. The van der Waals surface area contributed by atoms with Crippen LogP contribution in [0.5, 0.6) is 0 Å². The number of carboxylic acids is 1. The molecule has 1 aliphatic heterocycles. The number of para-hydroxylation sites is 1. The van der Waals surface area contributed by atoms with Gasteiger partial charge in [-0.25, -0.2) is 4.79 Å². The second-order valence-electron chi connectivity index (χ2n) is 7.29.